The van der Waals surface area contributed by atoms with Gasteiger partial charge in [0.25, 0.3) is 0 Å². The normalized spacial score (nSPS) is 10.3. The predicted molar refractivity (Wildman–Crippen MR) is 75.7 cm³/mol. The maximum atomic E-state index is 5.92. The van der Waals surface area contributed by atoms with Gasteiger partial charge in [-0.15, -0.1) is 0 Å². The third kappa shape index (κ3) is 2.18. The van der Waals surface area contributed by atoms with Gasteiger partial charge in [0.2, 0.25) is 0 Å². The lowest BCUT2D eigenvalue weighted by Crippen LogP contribution is -2.00. The molecule has 0 fully saturated rings. The molecule has 0 radical (unpaired) electrons. The summed E-state index contributed by atoms with van der Waals surface area (Å²) in [5.74, 6) is 1.19. The molecule has 0 amide bonds. The average molecular weight is 243 g/mol. The fourth-order valence-electron chi connectivity index (χ4n) is 1.62. The lowest BCUT2D eigenvalue weighted by Gasteiger charge is -2.12. The summed E-state index contributed by atoms with van der Waals surface area (Å²) in [6.07, 6.45) is 0. The monoisotopic (exact) mass is 243 g/mol. The van der Waals surface area contributed by atoms with Gasteiger partial charge in [0.15, 0.2) is 5.75 Å². The van der Waals surface area contributed by atoms with E-state index < -0.39 is 0 Å². The van der Waals surface area contributed by atoms with E-state index in [9.17, 15) is 0 Å². The molecule has 0 spiro atoms. The van der Waals surface area contributed by atoms with E-state index in [2.05, 4.69) is 0 Å². The van der Waals surface area contributed by atoms with Crippen molar-refractivity contribution in [1.29, 1.82) is 0 Å². The Hall–Kier alpha value is -2.36. The molecule has 4 nitrogen and oxygen atoms in total. The summed E-state index contributed by atoms with van der Waals surface area (Å²) in [7, 11) is 0. The standard InChI is InChI=1S/C14H17N3O/c1-8-3-5-10(7-11(8)15)18-12-6-4-9(2)13(16)14(12)17/h3-7H,15-17H2,1-2H3. The third-order valence-electron chi connectivity index (χ3n) is 2.94. The molecule has 2 rings (SSSR count). The van der Waals surface area contributed by atoms with E-state index in [0.29, 0.717) is 28.6 Å². The molecule has 4 heteroatoms. The minimum atomic E-state index is 0.453. The van der Waals surface area contributed by atoms with Gasteiger partial charge in [0, 0.05) is 11.8 Å². The molecule has 6 N–H and O–H groups in total. The lowest BCUT2D eigenvalue weighted by molar-refractivity contribution is 0.485. The second-order valence-corrected chi connectivity index (χ2v) is 4.33. The smallest absolute Gasteiger partial charge is 0.152 e. The van der Waals surface area contributed by atoms with Gasteiger partial charge in [0.1, 0.15) is 5.75 Å². The molecule has 0 aliphatic rings. The van der Waals surface area contributed by atoms with Gasteiger partial charge < -0.3 is 21.9 Å². The largest absolute Gasteiger partial charge is 0.455 e. The Morgan fingerprint density at radius 1 is 0.833 bits per heavy atom. The van der Waals surface area contributed by atoms with Gasteiger partial charge in [-0.1, -0.05) is 12.1 Å². The number of aryl methyl sites for hydroxylation is 2. The van der Waals surface area contributed by atoms with Crippen LogP contribution in [-0.2, 0) is 0 Å². The second-order valence-electron chi connectivity index (χ2n) is 4.33. The summed E-state index contributed by atoms with van der Waals surface area (Å²) in [4.78, 5) is 0. The first-order chi connectivity index (χ1) is 8.49. The molecular formula is C14H17N3O. The number of rotatable bonds is 2. The van der Waals surface area contributed by atoms with E-state index in [0.717, 1.165) is 11.1 Å². The number of nitrogen functional groups attached to an aromatic ring is 3. The van der Waals surface area contributed by atoms with Crippen LogP contribution >= 0.6 is 0 Å². The Bertz CT molecular complexity index is 594. The van der Waals surface area contributed by atoms with Crippen molar-refractivity contribution in [3.8, 4) is 11.5 Å². The molecule has 94 valence electrons. The van der Waals surface area contributed by atoms with E-state index in [1.165, 1.54) is 0 Å². The Balaban J connectivity index is 2.34. The highest BCUT2D eigenvalue weighted by atomic mass is 16.5. The highest BCUT2D eigenvalue weighted by Gasteiger charge is 2.08. The van der Waals surface area contributed by atoms with Crippen molar-refractivity contribution >= 4 is 17.1 Å². The summed E-state index contributed by atoms with van der Waals surface area (Å²) >= 11 is 0. The van der Waals surface area contributed by atoms with Crippen molar-refractivity contribution in [3.05, 3.63) is 41.5 Å². The summed E-state index contributed by atoms with van der Waals surface area (Å²) in [5.41, 5.74) is 21.2. The fourth-order valence-corrected chi connectivity index (χ4v) is 1.62. The molecule has 0 atom stereocenters. The van der Waals surface area contributed by atoms with Crippen molar-refractivity contribution in [3.63, 3.8) is 0 Å². The van der Waals surface area contributed by atoms with E-state index in [-0.39, 0.29) is 0 Å². The maximum Gasteiger partial charge on any atom is 0.152 e. The van der Waals surface area contributed by atoms with Crippen LogP contribution in [0.5, 0.6) is 11.5 Å². The van der Waals surface area contributed by atoms with Crippen LogP contribution in [0.2, 0.25) is 0 Å². The van der Waals surface area contributed by atoms with Crippen molar-refractivity contribution in [2.24, 2.45) is 0 Å². The second kappa shape index (κ2) is 4.49. The van der Waals surface area contributed by atoms with Crippen molar-refractivity contribution < 1.29 is 4.74 Å². The summed E-state index contributed by atoms with van der Waals surface area (Å²) in [6.45, 7) is 3.84. The zero-order chi connectivity index (χ0) is 13.3. The third-order valence-corrected chi connectivity index (χ3v) is 2.94. The average Bonchev–Trinajstić information content (AvgIpc) is 2.34. The molecule has 0 saturated carbocycles. The van der Waals surface area contributed by atoms with Crippen LogP contribution in [0, 0.1) is 13.8 Å². The number of anilines is 3. The number of nitrogens with two attached hydrogens (primary N) is 3. The first kappa shape index (κ1) is 12.1. The van der Waals surface area contributed by atoms with Gasteiger partial charge in [-0.3, -0.25) is 0 Å². The van der Waals surface area contributed by atoms with E-state index in [1.807, 2.05) is 32.0 Å². The molecule has 0 unspecified atom stereocenters. The van der Waals surface area contributed by atoms with Crippen LogP contribution in [0.25, 0.3) is 0 Å². The lowest BCUT2D eigenvalue weighted by atomic mass is 10.1. The molecule has 18 heavy (non-hydrogen) atoms. The molecule has 0 aliphatic heterocycles. The van der Waals surface area contributed by atoms with Crippen LogP contribution in [-0.4, -0.2) is 0 Å². The van der Waals surface area contributed by atoms with Gasteiger partial charge in [0.05, 0.1) is 11.4 Å². The summed E-state index contributed by atoms with van der Waals surface area (Å²) in [5, 5.41) is 0. The zero-order valence-corrected chi connectivity index (χ0v) is 10.5. The molecule has 0 bridgehead atoms. The van der Waals surface area contributed by atoms with Crippen molar-refractivity contribution in [2.45, 2.75) is 13.8 Å². The highest BCUT2D eigenvalue weighted by Crippen LogP contribution is 2.34. The first-order valence-electron chi connectivity index (χ1n) is 5.67. The van der Waals surface area contributed by atoms with Crippen LogP contribution in [0.1, 0.15) is 11.1 Å². The summed E-state index contributed by atoms with van der Waals surface area (Å²) < 4.78 is 5.70. The quantitative estimate of drug-likeness (QED) is 0.708. The predicted octanol–water partition coefficient (Wildman–Crippen LogP) is 2.84. The van der Waals surface area contributed by atoms with Crippen molar-refractivity contribution in [1.82, 2.24) is 0 Å². The topological polar surface area (TPSA) is 87.3 Å². The van der Waals surface area contributed by atoms with Gasteiger partial charge in [-0.05, 0) is 37.1 Å². The number of benzene rings is 2. The SMILES string of the molecule is Cc1ccc(Oc2ccc(C)c(N)c2N)cc1N. The number of ether oxygens (including phenoxy) is 1. The molecule has 0 aromatic heterocycles. The number of hydrogen-bond donors (Lipinski definition) is 3. The summed E-state index contributed by atoms with van der Waals surface area (Å²) in [6, 6.07) is 9.19. The Morgan fingerprint density at radius 2 is 1.50 bits per heavy atom. The van der Waals surface area contributed by atoms with Crippen LogP contribution in [0.3, 0.4) is 0 Å². The van der Waals surface area contributed by atoms with Crippen molar-refractivity contribution in [2.75, 3.05) is 17.2 Å². The maximum absolute atomic E-state index is 5.92. The molecule has 0 aliphatic carbocycles. The highest BCUT2D eigenvalue weighted by molar-refractivity contribution is 5.74. The fraction of sp³-hybridized carbons (Fsp3) is 0.143. The van der Waals surface area contributed by atoms with E-state index in [4.69, 9.17) is 21.9 Å². The van der Waals surface area contributed by atoms with E-state index >= 15 is 0 Å². The molecule has 2 aromatic carbocycles. The van der Waals surface area contributed by atoms with Crippen LogP contribution < -0.4 is 21.9 Å². The Kier molecular flexibility index (Phi) is 3.02. The number of hydrogen-bond acceptors (Lipinski definition) is 4. The van der Waals surface area contributed by atoms with Gasteiger partial charge in [-0.25, -0.2) is 0 Å². The van der Waals surface area contributed by atoms with Gasteiger partial charge in [-0.2, -0.15) is 0 Å². The minimum absolute atomic E-state index is 0.453. The minimum Gasteiger partial charge on any atom is -0.455 e. The molecular weight excluding hydrogens is 226 g/mol. The van der Waals surface area contributed by atoms with Crippen LogP contribution in [0.15, 0.2) is 30.3 Å². The molecule has 0 saturated heterocycles. The Labute approximate surface area is 106 Å². The first-order valence-corrected chi connectivity index (χ1v) is 5.67. The molecule has 0 heterocycles. The van der Waals surface area contributed by atoms with Crippen LogP contribution in [0.4, 0.5) is 17.1 Å². The van der Waals surface area contributed by atoms with Gasteiger partial charge >= 0.3 is 0 Å². The molecule has 2 aromatic rings. The zero-order valence-electron chi connectivity index (χ0n) is 10.5. The van der Waals surface area contributed by atoms with E-state index in [1.54, 1.807) is 12.1 Å². The Morgan fingerprint density at radius 3 is 2.17 bits per heavy atom.